The number of benzene rings is 7. The second-order valence-electron chi connectivity index (χ2n) is 11.3. The molecule has 0 aliphatic rings. The van der Waals surface area contributed by atoms with E-state index in [1.807, 2.05) is 0 Å². The van der Waals surface area contributed by atoms with Crippen LogP contribution in [0.25, 0.3) is 93.0 Å². The molecule has 0 saturated heterocycles. The van der Waals surface area contributed by atoms with Gasteiger partial charge in [0.2, 0.25) is 0 Å². The first kappa shape index (κ1) is 23.1. The predicted molar refractivity (Wildman–Crippen MR) is 182 cm³/mol. The van der Waals surface area contributed by atoms with Crippen LogP contribution in [0, 0.1) is 0 Å². The molecule has 0 aliphatic heterocycles. The van der Waals surface area contributed by atoms with Crippen LogP contribution in [0.15, 0.2) is 127 Å². The van der Waals surface area contributed by atoms with E-state index >= 15 is 0 Å². The maximum absolute atomic E-state index is 4.80. The molecule has 43 heavy (non-hydrogen) atoms. The molecule has 0 saturated carbocycles. The molecule has 0 atom stereocenters. The van der Waals surface area contributed by atoms with Crippen molar-refractivity contribution >= 4 is 87.9 Å². The Hall–Kier alpha value is -5.52. The fourth-order valence-electron chi connectivity index (χ4n) is 7.02. The Labute approximate surface area is 249 Å². The second-order valence-corrected chi connectivity index (χ2v) is 11.8. The highest BCUT2D eigenvalue weighted by Gasteiger charge is 2.18. The van der Waals surface area contributed by atoms with Crippen molar-refractivity contribution in [3.63, 3.8) is 0 Å². The Morgan fingerprint density at radius 2 is 1.26 bits per heavy atom. The van der Waals surface area contributed by atoms with Crippen LogP contribution < -0.4 is 0 Å². The van der Waals surface area contributed by atoms with Crippen LogP contribution in [-0.2, 0) is 0 Å². The Balaban J connectivity index is 1.19. The zero-order valence-corrected chi connectivity index (χ0v) is 23.7. The van der Waals surface area contributed by atoms with Crippen molar-refractivity contribution in [2.24, 2.45) is 0 Å². The van der Waals surface area contributed by atoms with Crippen molar-refractivity contribution in [2.45, 2.75) is 0 Å². The molecule has 4 nitrogen and oxygen atoms in total. The van der Waals surface area contributed by atoms with Crippen LogP contribution in [0.3, 0.4) is 0 Å². The van der Waals surface area contributed by atoms with Gasteiger partial charge in [0.15, 0.2) is 0 Å². The number of hydrogen-bond acceptors (Lipinski definition) is 3. The van der Waals surface area contributed by atoms with Gasteiger partial charge >= 0.3 is 0 Å². The lowest BCUT2D eigenvalue weighted by molar-refractivity contribution is 1.19. The zero-order valence-electron chi connectivity index (χ0n) is 22.9. The number of H-pyrrole nitrogens is 1. The van der Waals surface area contributed by atoms with Gasteiger partial charge in [-0.05, 0) is 58.1 Å². The number of nitrogens with zero attached hydrogens (tertiary/aromatic N) is 3. The molecule has 0 radical (unpaired) electrons. The molecular weight excluding hydrogens is 545 g/mol. The minimum absolute atomic E-state index is 0.946. The van der Waals surface area contributed by atoms with E-state index in [0.29, 0.717) is 0 Å². The van der Waals surface area contributed by atoms with Crippen molar-refractivity contribution in [3.05, 3.63) is 127 Å². The number of aromatic amines is 1. The quantitative estimate of drug-likeness (QED) is 0.226. The van der Waals surface area contributed by atoms with Crippen molar-refractivity contribution in [3.8, 4) is 16.8 Å². The van der Waals surface area contributed by atoms with E-state index < -0.39 is 0 Å². The van der Waals surface area contributed by atoms with Crippen molar-refractivity contribution in [1.29, 1.82) is 0 Å². The fourth-order valence-corrected chi connectivity index (χ4v) is 7.58. The molecule has 3 heterocycles. The van der Waals surface area contributed by atoms with Crippen LogP contribution >= 0.6 is 11.7 Å². The van der Waals surface area contributed by atoms with Crippen LogP contribution in [0.2, 0.25) is 0 Å². The molecule has 0 bridgehead atoms. The van der Waals surface area contributed by atoms with Gasteiger partial charge in [0.25, 0.3) is 0 Å². The summed E-state index contributed by atoms with van der Waals surface area (Å²) in [6, 6.07) is 46.0. The topological polar surface area (TPSA) is 46.5 Å². The molecule has 0 aliphatic carbocycles. The van der Waals surface area contributed by atoms with Crippen LogP contribution in [0.4, 0.5) is 0 Å². The number of aromatic nitrogens is 4. The Kier molecular flexibility index (Phi) is 4.57. The molecule has 200 valence electrons. The third kappa shape index (κ3) is 3.20. The highest BCUT2D eigenvalue weighted by Crippen LogP contribution is 2.40. The summed E-state index contributed by atoms with van der Waals surface area (Å²) in [6.07, 6.45) is 0. The highest BCUT2D eigenvalue weighted by atomic mass is 32.1. The van der Waals surface area contributed by atoms with Gasteiger partial charge in [0.1, 0.15) is 11.0 Å². The summed E-state index contributed by atoms with van der Waals surface area (Å²) in [5.74, 6) is 0. The molecule has 0 unspecified atom stereocenters. The molecule has 1 N–H and O–H groups in total. The van der Waals surface area contributed by atoms with Crippen LogP contribution in [0.5, 0.6) is 0 Å². The summed E-state index contributed by atoms with van der Waals surface area (Å²) in [4.78, 5) is 3.69. The van der Waals surface area contributed by atoms with Crippen LogP contribution in [0.1, 0.15) is 0 Å². The molecule has 5 heteroatoms. The van der Waals surface area contributed by atoms with Crippen molar-refractivity contribution in [2.75, 3.05) is 0 Å². The smallest absolute Gasteiger partial charge is 0.115 e. The first-order valence-electron chi connectivity index (χ1n) is 14.4. The molecule has 0 amide bonds. The molecular formula is C38H22N4S. The highest BCUT2D eigenvalue weighted by molar-refractivity contribution is 7.00. The van der Waals surface area contributed by atoms with Gasteiger partial charge in [-0.2, -0.15) is 8.75 Å². The molecule has 7 aromatic carbocycles. The minimum Gasteiger partial charge on any atom is -0.354 e. The van der Waals surface area contributed by atoms with Crippen molar-refractivity contribution in [1.82, 2.24) is 18.3 Å². The van der Waals surface area contributed by atoms with E-state index in [1.165, 1.54) is 60.5 Å². The second kappa shape index (κ2) is 8.51. The lowest BCUT2D eigenvalue weighted by Crippen LogP contribution is -1.94. The summed E-state index contributed by atoms with van der Waals surface area (Å²) in [6.45, 7) is 0. The standard InChI is InChI=1S/C38H22N4S/c1-2-9-25-20-32-31(19-24(25)8-1)35-33(39-32)21-30(36-37(35)41-43-40-36)23-13-16-26(17-14-23)42-34-12-6-5-11-28(34)29-18-15-22-7-3-4-10-27(22)38(29)42/h1-21,39H. The van der Waals surface area contributed by atoms with Gasteiger partial charge < -0.3 is 9.55 Å². The largest absolute Gasteiger partial charge is 0.354 e. The third-order valence-corrected chi connectivity index (χ3v) is 9.49. The maximum Gasteiger partial charge on any atom is 0.115 e. The average Bonchev–Trinajstić information content (AvgIpc) is 3.77. The summed E-state index contributed by atoms with van der Waals surface area (Å²) in [7, 11) is 0. The number of para-hydroxylation sites is 1. The fraction of sp³-hybridized carbons (Fsp3) is 0. The van der Waals surface area contributed by atoms with E-state index in [-0.39, 0.29) is 0 Å². The summed E-state index contributed by atoms with van der Waals surface area (Å²) >= 11 is 1.28. The number of rotatable bonds is 2. The van der Waals surface area contributed by atoms with E-state index in [1.54, 1.807) is 0 Å². The molecule has 3 aromatic heterocycles. The maximum atomic E-state index is 4.80. The van der Waals surface area contributed by atoms with Gasteiger partial charge in [0, 0.05) is 49.2 Å². The van der Waals surface area contributed by atoms with Gasteiger partial charge in [-0.15, -0.1) is 0 Å². The zero-order chi connectivity index (χ0) is 28.1. The third-order valence-electron chi connectivity index (χ3n) is 8.96. The lowest BCUT2D eigenvalue weighted by atomic mass is 10.00. The number of fused-ring (bicyclic) bond motifs is 11. The Bertz CT molecular complexity index is 2730. The minimum atomic E-state index is 0.946. The Morgan fingerprint density at radius 1 is 0.535 bits per heavy atom. The van der Waals surface area contributed by atoms with Gasteiger partial charge in [-0.25, -0.2) is 0 Å². The van der Waals surface area contributed by atoms with E-state index in [0.717, 1.165) is 44.3 Å². The SMILES string of the molecule is c1ccc2cc3c(cc2c1)[nH]c1cc(-c2ccc(-n4c5ccccc5c5ccc6ccccc6c54)cc2)c2nsnc2c13. The molecule has 0 fully saturated rings. The Morgan fingerprint density at radius 3 is 2.12 bits per heavy atom. The van der Waals surface area contributed by atoms with Gasteiger partial charge in [-0.1, -0.05) is 91.0 Å². The normalized spacial score (nSPS) is 12.2. The van der Waals surface area contributed by atoms with E-state index in [4.69, 9.17) is 8.75 Å². The summed E-state index contributed by atoms with van der Waals surface area (Å²) < 4.78 is 12.0. The lowest BCUT2D eigenvalue weighted by Gasteiger charge is -2.11. The van der Waals surface area contributed by atoms with E-state index in [2.05, 4.69) is 137 Å². The monoisotopic (exact) mass is 566 g/mol. The predicted octanol–water partition coefficient (Wildman–Crippen LogP) is 10.4. The first-order chi connectivity index (χ1) is 21.3. The summed E-state index contributed by atoms with van der Waals surface area (Å²) in [5.41, 5.74) is 9.90. The average molecular weight is 567 g/mol. The van der Waals surface area contributed by atoms with Gasteiger partial charge in [0.05, 0.1) is 22.8 Å². The summed E-state index contributed by atoms with van der Waals surface area (Å²) in [5, 5.41) is 9.81. The first-order valence-corrected chi connectivity index (χ1v) is 15.2. The molecule has 0 spiro atoms. The van der Waals surface area contributed by atoms with Crippen molar-refractivity contribution < 1.29 is 0 Å². The van der Waals surface area contributed by atoms with E-state index in [9.17, 15) is 0 Å². The van der Waals surface area contributed by atoms with Gasteiger partial charge in [-0.3, -0.25) is 0 Å². The number of nitrogens with one attached hydrogen (secondary N) is 1. The number of hydrogen-bond donors (Lipinski definition) is 1. The molecule has 10 aromatic rings. The molecule has 10 rings (SSSR count). The van der Waals surface area contributed by atoms with Crippen LogP contribution in [-0.4, -0.2) is 18.3 Å².